The monoisotopic (exact) mass is 543 g/mol. The Bertz CT molecular complexity index is 1120. The van der Waals surface area contributed by atoms with Crippen LogP contribution in [0.1, 0.15) is 16.9 Å². The van der Waals surface area contributed by atoms with E-state index in [1.807, 2.05) is 60.7 Å². The number of hydrogen-bond acceptors (Lipinski definition) is 5. The van der Waals surface area contributed by atoms with Crippen molar-refractivity contribution in [3.05, 3.63) is 97.7 Å². The first-order valence-electron chi connectivity index (χ1n) is 8.94. The second-order valence-electron chi connectivity index (χ2n) is 6.31. The summed E-state index contributed by atoms with van der Waals surface area (Å²) in [5.74, 6) is 0.551. The fourth-order valence-corrected chi connectivity index (χ4v) is 4.15. The molecular weight excluding hydrogens is 530 g/mol. The van der Waals surface area contributed by atoms with Gasteiger partial charge in [-0.05, 0) is 65.4 Å². The summed E-state index contributed by atoms with van der Waals surface area (Å²) in [7, 11) is 0. The summed E-state index contributed by atoms with van der Waals surface area (Å²) in [6.45, 7) is 0.295. The maximum absolute atomic E-state index is 13.0. The van der Waals surface area contributed by atoms with Gasteiger partial charge in [0.05, 0.1) is 23.9 Å². The molecule has 0 aliphatic carbocycles. The molecule has 4 rings (SSSR count). The van der Waals surface area contributed by atoms with Gasteiger partial charge in [-0.15, -0.1) is 5.10 Å². The van der Waals surface area contributed by atoms with Crippen molar-refractivity contribution in [2.75, 3.05) is 0 Å². The molecule has 0 N–H and O–H groups in total. The molecule has 0 unspecified atom stereocenters. The first-order chi connectivity index (χ1) is 14.6. The van der Waals surface area contributed by atoms with Crippen LogP contribution in [0.5, 0.6) is 0 Å². The van der Waals surface area contributed by atoms with E-state index in [4.69, 9.17) is 4.42 Å². The topological polar surface area (TPSA) is 58.2 Å². The minimum Gasteiger partial charge on any atom is -0.467 e. The molecule has 2 aromatic carbocycles. The van der Waals surface area contributed by atoms with Crippen LogP contribution < -0.4 is 0 Å². The van der Waals surface area contributed by atoms with Gasteiger partial charge in [-0.2, -0.15) is 5.10 Å². The van der Waals surface area contributed by atoms with Crippen molar-refractivity contribution in [3.8, 4) is 0 Å². The zero-order chi connectivity index (χ0) is 20.9. The number of carbonyl (C=O) groups is 1. The fraction of sp³-hybridized carbons (Fsp3) is 0.0455. The summed E-state index contributed by atoms with van der Waals surface area (Å²) in [6.07, 6.45) is 5.10. The van der Waals surface area contributed by atoms with Gasteiger partial charge in [0.1, 0.15) is 5.76 Å². The molecule has 3 aromatic rings. The third-order valence-corrected chi connectivity index (χ3v) is 6.22. The van der Waals surface area contributed by atoms with Gasteiger partial charge in [0.25, 0.3) is 5.91 Å². The zero-order valence-corrected chi connectivity index (χ0v) is 19.5. The molecule has 1 aliphatic rings. The Morgan fingerprint density at radius 1 is 0.967 bits per heavy atom. The summed E-state index contributed by atoms with van der Waals surface area (Å²) in [5, 5.41) is 9.01. The van der Waals surface area contributed by atoms with Crippen LogP contribution in [0.2, 0.25) is 0 Å². The molecular formula is C22H15Br2N3O2S. The Balaban J connectivity index is 1.60. The Morgan fingerprint density at radius 3 is 2.27 bits per heavy atom. The van der Waals surface area contributed by atoms with Crippen LogP contribution in [0.15, 0.2) is 95.4 Å². The molecule has 8 heteroatoms. The molecule has 1 fully saturated rings. The average Bonchev–Trinajstić information content (AvgIpc) is 3.35. The predicted octanol–water partition coefficient (Wildman–Crippen LogP) is 6.31. The van der Waals surface area contributed by atoms with E-state index in [0.717, 1.165) is 20.1 Å². The number of benzene rings is 2. The molecule has 1 aliphatic heterocycles. The van der Waals surface area contributed by atoms with Crippen LogP contribution >= 0.6 is 43.6 Å². The van der Waals surface area contributed by atoms with Gasteiger partial charge < -0.3 is 4.42 Å². The van der Waals surface area contributed by atoms with E-state index >= 15 is 0 Å². The lowest BCUT2D eigenvalue weighted by Crippen LogP contribution is -2.28. The molecule has 30 heavy (non-hydrogen) atoms. The molecule has 0 bridgehead atoms. The average molecular weight is 545 g/mol. The zero-order valence-electron chi connectivity index (χ0n) is 15.5. The minimum absolute atomic E-state index is 0.128. The maximum Gasteiger partial charge on any atom is 0.267 e. The minimum atomic E-state index is -0.128. The summed E-state index contributed by atoms with van der Waals surface area (Å²) in [6, 6.07) is 19.1. The van der Waals surface area contributed by atoms with E-state index in [1.54, 1.807) is 23.4 Å². The van der Waals surface area contributed by atoms with Crippen molar-refractivity contribution < 1.29 is 9.21 Å². The predicted molar refractivity (Wildman–Crippen MR) is 128 cm³/mol. The Morgan fingerprint density at radius 2 is 1.63 bits per heavy atom. The van der Waals surface area contributed by atoms with E-state index in [-0.39, 0.29) is 5.91 Å². The van der Waals surface area contributed by atoms with Crippen LogP contribution in [0.25, 0.3) is 6.08 Å². The molecule has 0 atom stereocenters. The van der Waals surface area contributed by atoms with Crippen LogP contribution in [-0.2, 0) is 11.3 Å². The molecule has 1 saturated heterocycles. The first-order valence-corrected chi connectivity index (χ1v) is 11.3. The van der Waals surface area contributed by atoms with Crippen molar-refractivity contribution in [3.63, 3.8) is 0 Å². The van der Waals surface area contributed by atoms with Crippen molar-refractivity contribution in [1.29, 1.82) is 0 Å². The number of halogens is 2. The van der Waals surface area contributed by atoms with Crippen LogP contribution in [0.3, 0.4) is 0 Å². The third-order valence-electron chi connectivity index (χ3n) is 4.17. The third kappa shape index (κ3) is 5.19. The first kappa shape index (κ1) is 20.8. The number of thioether (sulfide) groups is 1. The maximum atomic E-state index is 13.0. The number of nitrogens with zero attached hydrogens (tertiary/aromatic N) is 3. The van der Waals surface area contributed by atoms with Crippen LogP contribution in [0, 0.1) is 0 Å². The van der Waals surface area contributed by atoms with Crippen molar-refractivity contribution in [1.82, 2.24) is 4.90 Å². The quantitative estimate of drug-likeness (QED) is 0.215. The summed E-state index contributed by atoms with van der Waals surface area (Å²) in [5.41, 5.74) is 1.85. The largest absolute Gasteiger partial charge is 0.467 e. The number of amidine groups is 1. The molecule has 5 nitrogen and oxygen atoms in total. The number of furan rings is 1. The van der Waals surface area contributed by atoms with E-state index in [1.165, 1.54) is 11.8 Å². The molecule has 1 aromatic heterocycles. The standard InChI is InChI=1S/C22H15Br2N3O2S/c23-17-7-3-15(4-8-17)12-20-21(28)27(14-19-2-1-11-29-19)22(30-20)26-25-13-16-5-9-18(24)10-6-16/h1-13H,14H2/b20-12-,25-13+,26-22-. The van der Waals surface area contributed by atoms with Crippen molar-refractivity contribution in [2.45, 2.75) is 6.54 Å². The van der Waals surface area contributed by atoms with Gasteiger partial charge in [-0.3, -0.25) is 9.69 Å². The molecule has 2 heterocycles. The van der Waals surface area contributed by atoms with Crippen molar-refractivity contribution in [2.24, 2.45) is 10.2 Å². The normalized spacial score (nSPS) is 17.0. The molecule has 0 spiro atoms. The highest BCUT2D eigenvalue weighted by atomic mass is 79.9. The molecule has 0 radical (unpaired) electrons. The van der Waals surface area contributed by atoms with E-state index in [0.29, 0.717) is 22.4 Å². The highest BCUT2D eigenvalue weighted by Gasteiger charge is 2.34. The van der Waals surface area contributed by atoms with Gasteiger partial charge in [0.15, 0.2) is 5.17 Å². The lowest BCUT2D eigenvalue weighted by atomic mass is 10.2. The Hall–Kier alpha value is -2.42. The lowest BCUT2D eigenvalue weighted by Gasteiger charge is -2.12. The second kappa shape index (κ2) is 9.59. The Kier molecular flexibility index (Phi) is 6.66. The smallest absolute Gasteiger partial charge is 0.267 e. The van der Waals surface area contributed by atoms with Crippen molar-refractivity contribution >= 4 is 67.0 Å². The molecule has 150 valence electrons. The highest BCUT2D eigenvalue weighted by molar-refractivity contribution is 9.10. The number of carbonyl (C=O) groups excluding carboxylic acids is 1. The second-order valence-corrected chi connectivity index (χ2v) is 9.15. The molecule has 0 saturated carbocycles. The van der Waals surface area contributed by atoms with Gasteiger partial charge in [0.2, 0.25) is 0 Å². The van der Waals surface area contributed by atoms with E-state index in [2.05, 4.69) is 42.1 Å². The number of hydrogen-bond donors (Lipinski definition) is 0. The molecule has 1 amide bonds. The van der Waals surface area contributed by atoms with Gasteiger partial charge in [-0.25, -0.2) is 0 Å². The van der Waals surface area contributed by atoms with Crippen LogP contribution in [0.4, 0.5) is 0 Å². The van der Waals surface area contributed by atoms with Gasteiger partial charge in [0, 0.05) is 8.95 Å². The Labute approximate surface area is 194 Å². The summed E-state index contributed by atoms with van der Waals surface area (Å²) in [4.78, 5) is 15.2. The fourth-order valence-electron chi connectivity index (χ4n) is 2.68. The van der Waals surface area contributed by atoms with Gasteiger partial charge >= 0.3 is 0 Å². The lowest BCUT2D eigenvalue weighted by molar-refractivity contribution is -0.122. The van der Waals surface area contributed by atoms with E-state index in [9.17, 15) is 4.79 Å². The number of amides is 1. The highest BCUT2D eigenvalue weighted by Crippen LogP contribution is 2.34. The summed E-state index contributed by atoms with van der Waals surface area (Å²) >= 11 is 8.13. The summed E-state index contributed by atoms with van der Waals surface area (Å²) < 4.78 is 7.40. The SMILES string of the molecule is O=C1/C(=C/c2ccc(Br)cc2)S/C(=N\N=C\c2ccc(Br)cc2)N1Cc1ccco1. The van der Waals surface area contributed by atoms with E-state index < -0.39 is 0 Å². The van der Waals surface area contributed by atoms with Gasteiger partial charge in [-0.1, -0.05) is 56.1 Å². The number of rotatable bonds is 5. The van der Waals surface area contributed by atoms with Crippen LogP contribution in [-0.4, -0.2) is 22.2 Å².